The molecule has 2 heterocycles. The molecule has 1 fully saturated rings. The van der Waals surface area contributed by atoms with Gasteiger partial charge in [0.25, 0.3) is 5.91 Å². The molecule has 0 saturated carbocycles. The second kappa shape index (κ2) is 26.0. The van der Waals surface area contributed by atoms with Gasteiger partial charge in [0.05, 0.1) is 48.7 Å². The predicted octanol–water partition coefficient (Wildman–Crippen LogP) is 4.87. The molecule has 6 amide bonds. The van der Waals surface area contributed by atoms with Crippen LogP contribution in [0.3, 0.4) is 0 Å². The van der Waals surface area contributed by atoms with Gasteiger partial charge in [0.1, 0.15) is 16.7 Å². The van der Waals surface area contributed by atoms with Gasteiger partial charge in [0.2, 0.25) is 23.6 Å². The Morgan fingerprint density at radius 3 is 2.06 bits per heavy atom. The van der Waals surface area contributed by atoms with Crippen LogP contribution >= 0.6 is 11.3 Å². The van der Waals surface area contributed by atoms with Crippen molar-refractivity contribution < 1.29 is 43.3 Å². The fraction of sp³-hybridized carbons (Fsp3) is 0.688. The average Bonchev–Trinajstić information content (AvgIpc) is 3.97. The van der Waals surface area contributed by atoms with Crippen LogP contribution in [0.4, 0.5) is 4.79 Å². The van der Waals surface area contributed by atoms with Crippen molar-refractivity contribution in [2.45, 2.75) is 123 Å². The van der Waals surface area contributed by atoms with Crippen LogP contribution in [-0.4, -0.2) is 176 Å². The largest absolute Gasteiger partial charge is 0.465 e. The summed E-state index contributed by atoms with van der Waals surface area (Å²) in [5, 5.41) is 17.6. The maximum absolute atomic E-state index is 14.5. The number of nitrogens with one attached hydrogen (secondary N) is 2. The van der Waals surface area contributed by atoms with Gasteiger partial charge in [-0.1, -0.05) is 85.2 Å². The first-order chi connectivity index (χ1) is 31.1. The second-order valence-electron chi connectivity index (χ2n) is 18.7. The van der Waals surface area contributed by atoms with Crippen LogP contribution in [0.5, 0.6) is 0 Å². The molecule has 3 N–H and O–H groups in total. The third-order valence-electron chi connectivity index (χ3n) is 13.0. The van der Waals surface area contributed by atoms with Gasteiger partial charge in [-0.25, -0.2) is 9.78 Å². The highest BCUT2D eigenvalue weighted by atomic mass is 32.1. The number of hydrogen-bond acceptors (Lipinski definition) is 11. The van der Waals surface area contributed by atoms with Crippen molar-refractivity contribution in [2.24, 2.45) is 23.7 Å². The summed E-state index contributed by atoms with van der Waals surface area (Å²) in [6, 6.07) is 6.93. The van der Waals surface area contributed by atoms with Gasteiger partial charge in [-0.2, -0.15) is 0 Å². The smallest absolute Gasteiger partial charge is 0.407 e. The van der Waals surface area contributed by atoms with Gasteiger partial charge in [0, 0.05) is 60.4 Å². The normalized spacial score (nSPS) is 17.7. The average molecular weight is 943 g/mol. The Hall–Kier alpha value is -4.65. The third kappa shape index (κ3) is 14.7. The zero-order valence-electron chi connectivity index (χ0n) is 41.8. The molecule has 2 aromatic rings. The lowest BCUT2D eigenvalue weighted by Crippen LogP contribution is -2.59. The van der Waals surface area contributed by atoms with Crippen LogP contribution in [0.1, 0.15) is 101 Å². The van der Waals surface area contributed by atoms with E-state index in [9.17, 15) is 33.9 Å². The number of rotatable bonds is 25. The standard InChI is InChI=1S/C48H78N8O9S/c1-15-31(6)41(55(12)47(61)39(29(2)3)51-44(59)40(30(4)5)52(8)9)37(64-13)27-38(57)56-23-19-22-36(56)42(65-14)32(7)43(58)49-34(26-33-20-17-16-18-21-33)45-50-35(28-66-45)46(60)53(10)24-25-54(11)48(62)63/h16-18,20-21,28-32,34,36-37,39-42H,15,19,22-27H2,1-14H3,(H,49,58)(H,51,59)(H,62,63)/t31-,32+,34-,36-,37+,39-,40-,41-,42+/m0/s1. The summed E-state index contributed by atoms with van der Waals surface area (Å²) in [7, 11) is 11.5. The number of amides is 6. The number of hydrogen-bond donors (Lipinski definition) is 3. The molecule has 0 unspecified atom stereocenters. The molecule has 1 saturated heterocycles. The molecule has 0 aliphatic carbocycles. The van der Waals surface area contributed by atoms with Gasteiger partial charge >= 0.3 is 6.09 Å². The van der Waals surface area contributed by atoms with E-state index in [0.29, 0.717) is 37.2 Å². The van der Waals surface area contributed by atoms with E-state index in [1.165, 1.54) is 23.3 Å². The molecule has 3 rings (SSSR count). The Balaban J connectivity index is 1.83. The van der Waals surface area contributed by atoms with Gasteiger partial charge < -0.3 is 44.8 Å². The van der Waals surface area contributed by atoms with Crippen molar-refractivity contribution in [2.75, 3.05) is 69.1 Å². The number of thiazole rings is 1. The molecule has 1 aliphatic heterocycles. The topological polar surface area (TPSA) is 194 Å². The summed E-state index contributed by atoms with van der Waals surface area (Å²) < 4.78 is 12.1. The highest BCUT2D eigenvalue weighted by Gasteiger charge is 2.43. The first kappa shape index (κ1) is 55.7. The number of benzene rings is 1. The van der Waals surface area contributed by atoms with Crippen LogP contribution in [0.25, 0.3) is 0 Å². The first-order valence-corrected chi connectivity index (χ1v) is 24.0. The quantitative estimate of drug-likeness (QED) is 0.123. The Morgan fingerprint density at radius 1 is 0.879 bits per heavy atom. The summed E-state index contributed by atoms with van der Waals surface area (Å²) in [6.45, 7) is 14.4. The van der Waals surface area contributed by atoms with E-state index in [4.69, 9.17) is 9.47 Å². The number of likely N-dealkylation sites (tertiary alicyclic amines) is 1. The molecular weight excluding hydrogens is 865 g/mol. The molecule has 1 aliphatic rings. The molecule has 0 spiro atoms. The van der Waals surface area contributed by atoms with Crippen molar-refractivity contribution in [3.05, 3.63) is 52.0 Å². The SMILES string of the molecule is CC[C@H](C)[C@@H]([C@@H](CC(=O)N1CCC[C@H]1[C@H](OC)[C@@H](C)C(=O)N[C@@H](Cc1ccccc1)c1nc(C(=O)N(C)CCN(C)C(=O)O)cs1)OC)N(C)C(=O)[C@@H](NC(=O)[C@H](C(C)C)N(C)C)C(C)C. The van der Waals surface area contributed by atoms with E-state index >= 15 is 0 Å². The minimum absolute atomic E-state index is 0.0128. The summed E-state index contributed by atoms with van der Waals surface area (Å²) in [6.07, 6.45) is 0.00517. The maximum Gasteiger partial charge on any atom is 0.407 e. The van der Waals surface area contributed by atoms with Crippen LogP contribution in [-0.2, 0) is 35.1 Å². The van der Waals surface area contributed by atoms with Crippen LogP contribution < -0.4 is 10.6 Å². The molecule has 1 aromatic heterocycles. The monoisotopic (exact) mass is 943 g/mol. The summed E-state index contributed by atoms with van der Waals surface area (Å²) in [5.74, 6) is -2.25. The van der Waals surface area contributed by atoms with E-state index in [1.54, 1.807) is 50.4 Å². The minimum Gasteiger partial charge on any atom is -0.465 e. The molecule has 18 heteroatoms. The maximum atomic E-state index is 14.5. The van der Waals surface area contributed by atoms with Gasteiger partial charge in [-0.3, -0.25) is 28.9 Å². The van der Waals surface area contributed by atoms with Crippen molar-refractivity contribution in [3.8, 4) is 0 Å². The number of carbonyl (C=O) groups is 6. The fourth-order valence-corrected chi connectivity index (χ4v) is 9.85. The van der Waals surface area contributed by atoms with E-state index in [-0.39, 0.29) is 72.5 Å². The highest BCUT2D eigenvalue weighted by molar-refractivity contribution is 7.09. The lowest BCUT2D eigenvalue weighted by molar-refractivity contribution is -0.148. The minimum atomic E-state index is -1.09. The first-order valence-electron chi connectivity index (χ1n) is 23.2. The fourth-order valence-electron chi connectivity index (χ4n) is 9.00. The molecule has 17 nitrogen and oxygen atoms in total. The Kier molecular flexibility index (Phi) is 22.0. The molecular formula is C48H78N8O9S. The number of nitrogens with zero attached hydrogens (tertiary/aromatic N) is 6. The number of carbonyl (C=O) groups excluding carboxylic acids is 5. The predicted molar refractivity (Wildman–Crippen MR) is 256 cm³/mol. The van der Waals surface area contributed by atoms with Gasteiger partial charge in [-0.05, 0) is 56.7 Å². The lowest BCUT2D eigenvalue weighted by atomic mass is 9.89. The number of ether oxygens (including phenoxy) is 2. The van der Waals surface area contributed by atoms with Crippen LogP contribution in [0.2, 0.25) is 0 Å². The molecule has 370 valence electrons. The Labute approximate surface area is 396 Å². The van der Waals surface area contributed by atoms with Crippen molar-refractivity contribution in [3.63, 3.8) is 0 Å². The molecule has 1 aromatic carbocycles. The van der Waals surface area contributed by atoms with Crippen LogP contribution in [0, 0.1) is 23.7 Å². The zero-order chi connectivity index (χ0) is 49.6. The molecule has 66 heavy (non-hydrogen) atoms. The number of carboxylic acid groups (broad SMARTS) is 1. The van der Waals surface area contributed by atoms with Crippen molar-refractivity contribution >= 4 is 47.0 Å². The van der Waals surface area contributed by atoms with E-state index < -0.39 is 54.4 Å². The lowest BCUT2D eigenvalue weighted by Gasteiger charge is -2.41. The zero-order valence-corrected chi connectivity index (χ0v) is 42.6. The number of methoxy groups -OCH3 is 2. The van der Waals surface area contributed by atoms with Crippen molar-refractivity contribution in [1.82, 2.24) is 40.1 Å². The second-order valence-corrected chi connectivity index (χ2v) is 19.6. The van der Waals surface area contributed by atoms with Gasteiger partial charge in [-0.15, -0.1) is 11.3 Å². The number of aromatic nitrogens is 1. The van der Waals surface area contributed by atoms with E-state index in [1.807, 2.05) is 90.9 Å². The Bertz CT molecular complexity index is 1890. The Morgan fingerprint density at radius 2 is 1.52 bits per heavy atom. The summed E-state index contributed by atoms with van der Waals surface area (Å²) in [5.41, 5.74) is 1.14. The van der Waals surface area contributed by atoms with Crippen LogP contribution in [0.15, 0.2) is 35.7 Å². The van der Waals surface area contributed by atoms with E-state index in [0.717, 1.165) is 10.5 Å². The molecule has 0 radical (unpaired) electrons. The van der Waals surface area contributed by atoms with Crippen molar-refractivity contribution in [1.29, 1.82) is 0 Å². The molecule has 9 atom stereocenters. The highest BCUT2D eigenvalue weighted by Crippen LogP contribution is 2.31. The summed E-state index contributed by atoms with van der Waals surface area (Å²) in [4.78, 5) is 93.7. The third-order valence-corrected chi connectivity index (χ3v) is 14.0. The van der Waals surface area contributed by atoms with E-state index in [2.05, 4.69) is 15.6 Å². The van der Waals surface area contributed by atoms with Gasteiger partial charge in [0.15, 0.2) is 0 Å². The summed E-state index contributed by atoms with van der Waals surface area (Å²) >= 11 is 1.26. The number of likely N-dealkylation sites (N-methyl/N-ethyl adjacent to an activating group) is 4. The molecule has 0 bridgehead atoms.